The zero-order valence-electron chi connectivity index (χ0n) is 18.4. The zero-order valence-corrected chi connectivity index (χ0v) is 19.2. The Kier molecular flexibility index (Phi) is 13.5. The molecule has 0 aliphatic rings. The molecule has 0 aliphatic heterocycles. The largest absolute Gasteiger partial charge is 0.385 e. The molecule has 0 saturated carbocycles. The van der Waals surface area contributed by atoms with E-state index in [2.05, 4.69) is 24.1 Å². The number of methoxy groups -OCH3 is 2. The van der Waals surface area contributed by atoms with Crippen LogP contribution >= 0.6 is 11.3 Å². The van der Waals surface area contributed by atoms with Gasteiger partial charge < -0.3 is 19.7 Å². The highest BCUT2D eigenvalue weighted by atomic mass is 32.1. The Morgan fingerprint density at radius 1 is 1.17 bits per heavy atom. The Bertz CT molecular complexity index is 594. The molecule has 0 saturated heterocycles. The lowest BCUT2D eigenvalue weighted by molar-refractivity contribution is -0.136. The van der Waals surface area contributed by atoms with E-state index >= 15 is 0 Å². The molecule has 2 amide bonds. The number of nitrogens with one attached hydrogen (secondary N) is 1. The number of nitrogens with zero attached hydrogens (tertiary/aromatic N) is 2. The summed E-state index contributed by atoms with van der Waals surface area (Å²) in [6, 6.07) is 0. The van der Waals surface area contributed by atoms with Crippen LogP contribution < -0.4 is 5.32 Å². The average Bonchev–Trinajstić information content (AvgIpc) is 3.19. The molecular formula is C21H37N3O4S. The molecule has 1 N–H and O–H groups in total. The topological polar surface area (TPSA) is 80.8 Å². The van der Waals surface area contributed by atoms with E-state index in [9.17, 15) is 9.59 Å². The quantitative estimate of drug-likeness (QED) is 0.409. The van der Waals surface area contributed by atoms with Crippen LogP contribution in [0.15, 0.2) is 5.38 Å². The van der Waals surface area contributed by atoms with Gasteiger partial charge in [-0.2, -0.15) is 0 Å². The number of carbonyl (C=O) groups excluding carboxylic acids is 2. The van der Waals surface area contributed by atoms with Gasteiger partial charge in [-0.1, -0.05) is 26.7 Å². The van der Waals surface area contributed by atoms with Crippen molar-refractivity contribution in [2.45, 2.75) is 58.9 Å². The van der Waals surface area contributed by atoms with E-state index in [1.54, 1.807) is 19.6 Å². The van der Waals surface area contributed by atoms with E-state index in [1.165, 1.54) is 11.3 Å². The number of ether oxygens (including phenoxy) is 2. The van der Waals surface area contributed by atoms with Gasteiger partial charge in [0, 0.05) is 51.8 Å². The summed E-state index contributed by atoms with van der Waals surface area (Å²) < 4.78 is 10.1. The van der Waals surface area contributed by atoms with E-state index in [-0.39, 0.29) is 17.7 Å². The van der Waals surface area contributed by atoms with Gasteiger partial charge in [0.1, 0.15) is 10.7 Å². The van der Waals surface area contributed by atoms with Gasteiger partial charge in [-0.15, -0.1) is 11.3 Å². The van der Waals surface area contributed by atoms with Gasteiger partial charge >= 0.3 is 0 Å². The van der Waals surface area contributed by atoms with Crippen LogP contribution in [-0.2, 0) is 20.8 Å². The molecule has 1 heterocycles. The Hall–Kier alpha value is -1.51. The van der Waals surface area contributed by atoms with E-state index in [4.69, 9.17) is 9.47 Å². The molecule has 1 aromatic heterocycles. The fourth-order valence-corrected chi connectivity index (χ4v) is 3.83. The highest BCUT2D eigenvalue weighted by molar-refractivity contribution is 7.09. The van der Waals surface area contributed by atoms with Gasteiger partial charge in [0.05, 0.1) is 6.54 Å². The van der Waals surface area contributed by atoms with Crippen molar-refractivity contribution >= 4 is 23.2 Å². The summed E-state index contributed by atoms with van der Waals surface area (Å²) in [5, 5.41) is 5.38. The van der Waals surface area contributed by atoms with Crippen LogP contribution in [0, 0.1) is 5.92 Å². The predicted molar refractivity (Wildman–Crippen MR) is 116 cm³/mol. The van der Waals surface area contributed by atoms with Crippen LogP contribution in [0.3, 0.4) is 0 Å². The molecule has 1 rings (SSSR count). The molecule has 0 fully saturated rings. The third-order valence-corrected chi connectivity index (χ3v) is 5.59. The van der Waals surface area contributed by atoms with Gasteiger partial charge in [-0.3, -0.25) is 9.59 Å². The molecule has 1 unspecified atom stereocenters. The lowest BCUT2D eigenvalue weighted by atomic mass is 9.97. The van der Waals surface area contributed by atoms with Crippen LogP contribution in [0.1, 0.15) is 67.9 Å². The average molecular weight is 428 g/mol. The van der Waals surface area contributed by atoms with E-state index in [0.29, 0.717) is 38.5 Å². The first-order valence-corrected chi connectivity index (χ1v) is 11.4. The summed E-state index contributed by atoms with van der Waals surface area (Å²) in [5.41, 5.74) is 0.407. The lowest BCUT2D eigenvalue weighted by Crippen LogP contribution is -2.36. The zero-order chi connectivity index (χ0) is 21.5. The van der Waals surface area contributed by atoms with Crippen LogP contribution in [0.4, 0.5) is 0 Å². The van der Waals surface area contributed by atoms with Crippen molar-refractivity contribution in [2.75, 3.05) is 40.5 Å². The molecule has 0 spiro atoms. The second kappa shape index (κ2) is 15.3. The predicted octanol–water partition coefficient (Wildman–Crippen LogP) is 3.49. The number of thiazole rings is 1. The minimum absolute atomic E-state index is 0.0426. The minimum Gasteiger partial charge on any atom is -0.385 e. The van der Waals surface area contributed by atoms with Crippen molar-refractivity contribution in [3.63, 3.8) is 0 Å². The Balaban J connectivity index is 2.74. The number of aromatic nitrogens is 1. The molecule has 1 atom stereocenters. The third-order valence-electron chi connectivity index (χ3n) is 4.76. The number of hydrogen-bond acceptors (Lipinski definition) is 6. The Morgan fingerprint density at radius 3 is 2.55 bits per heavy atom. The summed E-state index contributed by atoms with van der Waals surface area (Å²) in [4.78, 5) is 31.6. The van der Waals surface area contributed by atoms with E-state index < -0.39 is 0 Å². The Labute approximate surface area is 179 Å². The monoisotopic (exact) mass is 427 g/mol. The number of amides is 2. The molecule has 0 radical (unpaired) electrons. The molecule has 29 heavy (non-hydrogen) atoms. The van der Waals surface area contributed by atoms with Gasteiger partial charge in [-0.25, -0.2) is 4.98 Å². The molecule has 0 bridgehead atoms. The first kappa shape index (κ1) is 25.5. The highest BCUT2D eigenvalue weighted by Gasteiger charge is 2.23. The van der Waals surface area contributed by atoms with Crippen molar-refractivity contribution in [3.8, 4) is 0 Å². The summed E-state index contributed by atoms with van der Waals surface area (Å²) in [5.74, 6) is 0.0362. The van der Waals surface area contributed by atoms with Crippen LogP contribution in [0.25, 0.3) is 0 Å². The first-order chi connectivity index (χ1) is 14.1. The number of unbranched alkanes of at least 4 members (excludes halogenated alkanes) is 1. The smallest absolute Gasteiger partial charge is 0.270 e. The molecule has 1 aromatic rings. The fourth-order valence-electron chi connectivity index (χ4n) is 3.04. The summed E-state index contributed by atoms with van der Waals surface area (Å²) in [7, 11) is 3.31. The molecule has 166 valence electrons. The van der Waals surface area contributed by atoms with Gasteiger partial charge in [-0.05, 0) is 25.7 Å². The van der Waals surface area contributed by atoms with Crippen molar-refractivity contribution in [1.29, 1.82) is 0 Å². The van der Waals surface area contributed by atoms with Crippen molar-refractivity contribution in [2.24, 2.45) is 5.92 Å². The highest BCUT2D eigenvalue weighted by Crippen LogP contribution is 2.19. The second-order valence-electron chi connectivity index (χ2n) is 7.08. The van der Waals surface area contributed by atoms with Crippen LogP contribution in [0.2, 0.25) is 0 Å². The van der Waals surface area contributed by atoms with E-state index in [0.717, 1.165) is 43.5 Å². The van der Waals surface area contributed by atoms with Gasteiger partial charge in [0.2, 0.25) is 5.91 Å². The normalized spacial score (nSPS) is 12.0. The van der Waals surface area contributed by atoms with Crippen molar-refractivity contribution < 1.29 is 19.1 Å². The number of carbonyl (C=O) groups is 2. The van der Waals surface area contributed by atoms with Crippen LogP contribution in [0.5, 0.6) is 0 Å². The first-order valence-electron chi connectivity index (χ1n) is 10.6. The molecular weight excluding hydrogens is 390 g/mol. The summed E-state index contributed by atoms with van der Waals surface area (Å²) in [6.45, 7) is 7.06. The Morgan fingerprint density at radius 2 is 1.90 bits per heavy atom. The van der Waals surface area contributed by atoms with Gasteiger partial charge in [0.15, 0.2) is 0 Å². The van der Waals surface area contributed by atoms with E-state index in [1.807, 2.05) is 4.90 Å². The molecule has 8 heteroatoms. The maximum absolute atomic E-state index is 13.1. The second-order valence-corrected chi connectivity index (χ2v) is 8.02. The maximum Gasteiger partial charge on any atom is 0.270 e. The summed E-state index contributed by atoms with van der Waals surface area (Å²) >= 11 is 1.42. The molecule has 0 aromatic carbocycles. The standard InChI is InChI=1S/C21H37N3O4S/c1-5-7-10-17(6-2)21(26)24(12-9-14-28-4)15-19-23-18(16-29-19)20(25)22-11-8-13-27-3/h16-17H,5-15H2,1-4H3,(H,22,25). The molecule has 0 aliphatic carbocycles. The summed E-state index contributed by atoms with van der Waals surface area (Å²) in [6.07, 6.45) is 5.44. The SMILES string of the molecule is CCCCC(CC)C(=O)N(CCCOC)Cc1nc(C(=O)NCCCOC)cs1. The van der Waals surface area contributed by atoms with Crippen molar-refractivity contribution in [3.05, 3.63) is 16.1 Å². The molecule has 7 nitrogen and oxygen atoms in total. The number of hydrogen-bond donors (Lipinski definition) is 1. The minimum atomic E-state index is -0.185. The maximum atomic E-state index is 13.1. The van der Waals surface area contributed by atoms with Crippen molar-refractivity contribution in [1.82, 2.24) is 15.2 Å². The number of rotatable bonds is 16. The van der Waals surface area contributed by atoms with Gasteiger partial charge in [0.25, 0.3) is 5.91 Å². The lowest BCUT2D eigenvalue weighted by Gasteiger charge is -2.26. The fraction of sp³-hybridized carbons (Fsp3) is 0.762. The van der Waals surface area contributed by atoms with Crippen LogP contribution in [-0.4, -0.2) is 62.2 Å². The third kappa shape index (κ3) is 9.69.